The van der Waals surface area contributed by atoms with E-state index in [1.165, 1.54) is 0 Å². The second-order valence-electron chi connectivity index (χ2n) is 7.90. The first kappa shape index (κ1) is 22.0. The fourth-order valence-corrected chi connectivity index (χ4v) is 3.56. The van der Waals surface area contributed by atoms with Gasteiger partial charge in [0.2, 0.25) is 5.78 Å². The second kappa shape index (κ2) is 9.96. The molecule has 33 heavy (non-hydrogen) atoms. The minimum atomic E-state index is -1.05. The fourth-order valence-electron chi connectivity index (χ4n) is 3.56. The van der Waals surface area contributed by atoms with E-state index in [4.69, 9.17) is 4.74 Å². The van der Waals surface area contributed by atoms with Crippen LogP contribution in [0.25, 0.3) is 0 Å². The van der Waals surface area contributed by atoms with Crippen molar-refractivity contribution >= 4 is 23.1 Å². The molecule has 4 rings (SSSR count). The summed E-state index contributed by atoms with van der Waals surface area (Å²) in [5.74, 6) is -0.828. The minimum Gasteiger partial charge on any atom is -0.445 e. The number of rotatable bonds is 7. The van der Waals surface area contributed by atoms with Crippen LogP contribution in [0.3, 0.4) is 0 Å². The topological polar surface area (TPSA) is 55.4 Å². The maximum Gasteiger partial charge on any atom is 0.341 e. The zero-order chi connectivity index (χ0) is 23.2. The van der Waals surface area contributed by atoms with Crippen LogP contribution in [0.15, 0.2) is 103 Å². The molecule has 0 amide bonds. The van der Waals surface area contributed by atoms with E-state index in [0.717, 1.165) is 16.8 Å². The summed E-state index contributed by atoms with van der Waals surface area (Å²) in [6, 6.07) is 31.3. The number of carbonyl (C=O) groups excluding carboxylic acids is 2. The van der Waals surface area contributed by atoms with Gasteiger partial charge in [-0.1, -0.05) is 72.8 Å². The van der Waals surface area contributed by atoms with E-state index in [0.29, 0.717) is 22.4 Å². The van der Waals surface area contributed by atoms with Crippen LogP contribution < -0.4 is 5.32 Å². The van der Waals surface area contributed by atoms with Crippen molar-refractivity contribution in [1.82, 2.24) is 0 Å². The fraction of sp³-hybridized carbons (Fsp3) is 0.103. The molecule has 0 saturated heterocycles. The standard InChI is InChI=1S/C29H25NO3/c1-20-17-18-23(19-21(20)2)27(31)28(22-11-5-3-6-12-22)33-29(32)25-15-9-10-16-26(25)30-24-13-7-4-8-14-24/h3-19,28,30H,1-2H3/t28-/m1/s1. The van der Waals surface area contributed by atoms with Gasteiger partial charge < -0.3 is 10.1 Å². The highest BCUT2D eigenvalue weighted by molar-refractivity contribution is 6.03. The van der Waals surface area contributed by atoms with Crippen molar-refractivity contribution in [2.75, 3.05) is 5.32 Å². The van der Waals surface area contributed by atoms with Crippen LogP contribution >= 0.6 is 0 Å². The van der Waals surface area contributed by atoms with E-state index in [-0.39, 0.29) is 5.78 Å². The maximum absolute atomic E-state index is 13.5. The monoisotopic (exact) mass is 435 g/mol. The molecule has 0 radical (unpaired) electrons. The van der Waals surface area contributed by atoms with Gasteiger partial charge in [-0.25, -0.2) is 4.79 Å². The van der Waals surface area contributed by atoms with Crippen molar-refractivity contribution in [3.63, 3.8) is 0 Å². The van der Waals surface area contributed by atoms with Crippen molar-refractivity contribution in [2.24, 2.45) is 0 Å². The third-order valence-electron chi connectivity index (χ3n) is 5.56. The average molecular weight is 436 g/mol. The van der Waals surface area contributed by atoms with Crippen LogP contribution in [-0.4, -0.2) is 11.8 Å². The molecule has 1 N–H and O–H groups in total. The third-order valence-corrected chi connectivity index (χ3v) is 5.56. The molecule has 4 nitrogen and oxygen atoms in total. The largest absolute Gasteiger partial charge is 0.445 e. The zero-order valence-electron chi connectivity index (χ0n) is 18.6. The Kier molecular flexibility index (Phi) is 6.65. The lowest BCUT2D eigenvalue weighted by Gasteiger charge is -2.19. The summed E-state index contributed by atoms with van der Waals surface area (Å²) in [6.45, 7) is 3.95. The van der Waals surface area contributed by atoms with E-state index in [1.54, 1.807) is 30.3 Å². The molecule has 4 aromatic rings. The van der Waals surface area contributed by atoms with Crippen molar-refractivity contribution in [2.45, 2.75) is 20.0 Å². The lowest BCUT2D eigenvalue weighted by atomic mass is 9.97. The first-order valence-corrected chi connectivity index (χ1v) is 10.8. The molecule has 164 valence electrons. The van der Waals surface area contributed by atoms with Crippen LogP contribution in [-0.2, 0) is 4.74 Å². The highest BCUT2D eigenvalue weighted by Crippen LogP contribution is 2.28. The van der Waals surface area contributed by atoms with Gasteiger partial charge in [-0.2, -0.15) is 0 Å². The summed E-state index contributed by atoms with van der Waals surface area (Å²) < 4.78 is 5.86. The smallest absolute Gasteiger partial charge is 0.341 e. The number of aryl methyl sites for hydroxylation is 2. The van der Waals surface area contributed by atoms with Gasteiger partial charge in [0.05, 0.1) is 11.3 Å². The Morgan fingerprint density at radius 2 is 1.36 bits per heavy atom. The summed E-state index contributed by atoms with van der Waals surface area (Å²) in [4.78, 5) is 26.7. The molecule has 0 aromatic heterocycles. The van der Waals surface area contributed by atoms with E-state index in [1.807, 2.05) is 86.6 Å². The van der Waals surface area contributed by atoms with Gasteiger partial charge >= 0.3 is 5.97 Å². The normalized spacial score (nSPS) is 11.5. The van der Waals surface area contributed by atoms with E-state index in [2.05, 4.69) is 5.32 Å². The minimum absolute atomic E-state index is 0.258. The third kappa shape index (κ3) is 5.18. The van der Waals surface area contributed by atoms with Crippen molar-refractivity contribution in [3.05, 3.63) is 131 Å². The number of ether oxygens (including phenoxy) is 1. The second-order valence-corrected chi connectivity index (χ2v) is 7.90. The molecule has 0 unspecified atom stereocenters. The molecule has 0 aliphatic carbocycles. The van der Waals surface area contributed by atoms with Crippen molar-refractivity contribution in [1.29, 1.82) is 0 Å². The van der Waals surface area contributed by atoms with Gasteiger partial charge in [-0.3, -0.25) is 4.79 Å². The Bertz CT molecular complexity index is 1270. The van der Waals surface area contributed by atoms with Gasteiger partial charge in [0.15, 0.2) is 6.10 Å². The molecular weight excluding hydrogens is 410 g/mol. The molecule has 0 aliphatic rings. The van der Waals surface area contributed by atoms with Crippen LogP contribution in [0.5, 0.6) is 0 Å². The Hall–Kier alpha value is -4.18. The number of anilines is 2. The Labute approximate surface area is 193 Å². The molecule has 4 aromatic carbocycles. The van der Waals surface area contributed by atoms with E-state index >= 15 is 0 Å². The summed E-state index contributed by atoms with van der Waals surface area (Å²) >= 11 is 0. The first-order valence-electron chi connectivity index (χ1n) is 10.8. The predicted octanol–water partition coefficient (Wildman–Crippen LogP) is 6.83. The summed E-state index contributed by atoms with van der Waals surface area (Å²) in [5.41, 5.74) is 5.06. The molecule has 0 aliphatic heterocycles. The molecular formula is C29H25NO3. The zero-order valence-corrected chi connectivity index (χ0v) is 18.6. The SMILES string of the molecule is Cc1ccc(C(=O)[C@H](OC(=O)c2ccccc2Nc2ccccc2)c2ccccc2)cc1C. The van der Waals surface area contributed by atoms with Gasteiger partial charge in [0, 0.05) is 16.8 Å². The molecule has 0 spiro atoms. The molecule has 0 saturated carbocycles. The number of esters is 1. The number of nitrogens with one attached hydrogen (secondary N) is 1. The van der Waals surface area contributed by atoms with E-state index < -0.39 is 12.1 Å². The summed E-state index contributed by atoms with van der Waals surface area (Å²) in [5, 5.41) is 3.26. The number of ketones is 1. The summed E-state index contributed by atoms with van der Waals surface area (Å²) in [6.07, 6.45) is -1.05. The lowest BCUT2D eigenvalue weighted by Crippen LogP contribution is -2.21. The van der Waals surface area contributed by atoms with Crippen molar-refractivity contribution in [3.8, 4) is 0 Å². The highest BCUT2D eigenvalue weighted by Gasteiger charge is 2.28. The van der Waals surface area contributed by atoms with Crippen molar-refractivity contribution < 1.29 is 14.3 Å². The number of Topliss-reactive ketones (excluding diaryl/α,β-unsaturated/α-hetero) is 1. The predicted molar refractivity (Wildman–Crippen MR) is 131 cm³/mol. The number of hydrogen-bond donors (Lipinski definition) is 1. The summed E-state index contributed by atoms with van der Waals surface area (Å²) in [7, 11) is 0. The van der Waals surface area contributed by atoms with Crippen LogP contribution in [0.2, 0.25) is 0 Å². The molecule has 0 fully saturated rings. The Balaban J connectivity index is 1.65. The molecule has 0 bridgehead atoms. The lowest BCUT2D eigenvalue weighted by molar-refractivity contribution is 0.0281. The first-order chi connectivity index (χ1) is 16.0. The molecule has 1 atom stereocenters. The van der Waals surface area contributed by atoms with Gasteiger partial charge in [-0.15, -0.1) is 0 Å². The molecule has 0 heterocycles. The van der Waals surface area contributed by atoms with Crippen LogP contribution in [0.4, 0.5) is 11.4 Å². The number of hydrogen-bond acceptors (Lipinski definition) is 4. The quantitative estimate of drug-likeness (QED) is 0.255. The number of benzene rings is 4. The Morgan fingerprint density at radius 3 is 2.06 bits per heavy atom. The number of para-hydroxylation sites is 2. The van der Waals surface area contributed by atoms with Gasteiger partial charge in [0.1, 0.15) is 0 Å². The molecule has 4 heteroatoms. The van der Waals surface area contributed by atoms with Crippen LogP contribution in [0.1, 0.15) is 43.5 Å². The average Bonchev–Trinajstić information content (AvgIpc) is 2.85. The Morgan fingerprint density at radius 1 is 0.727 bits per heavy atom. The highest BCUT2D eigenvalue weighted by atomic mass is 16.5. The van der Waals surface area contributed by atoms with Crippen LogP contribution in [0, 0.1) is 13.8 Å². The van der Waals surface area contributed by atoms with E-state index in [9.17, 15) is 9.59 Å². The number of carbonyl (C=O) groups is 2. The maximum atomic E-state index is 13.5. The van der Waals surface area contributed by atoms with Gasteiger partial charge in [-0.05, 0) is 55.3 Å². The van der Waals surface area contributed by atoms with Gasteiger partial charge in [0.25, 0.3) is 0 Å².